The third-order valence-corrected chi connectivity index (χ3v) is 6.28. The maximum Gasteiger partial charge on any atom is 0.256 e. The second-order valence-electron chi connectivity index (χ2n) is 6.78. The van der Waals surface area contributed by atoms with Crippen molar-refractivity contribution in [2.75, 3.05) is 41.6 Å². The maximum atomic E-state index is 13.1. The molecule has 2 heterocycles. The van der Waals surface area contributed by atoms with Gasteiger partial charge in [-0.1, -0.05) is 0 Å². The minimum absolute atomic E-state index is 0.0102. The van der Waals surface area contributed by atoms with Gasteiger partial charge in [0.25, 0.3) is 5.91 Å². The van der Waals surface area contributed by atoms with Crippen LogP contribution in [-0.2, 0) is 10.0 Å². The van der Waals surface area contributed by atoms with Gasteiger partial charge in [-0.25, -0.2) is 8.42 Å². The monoisotopic (exact) mass is 365 g/mol. The van der Waals surface area contributed by atoms with Gasteiger partial charge in [-0.3, -0.25) is 9.52 Å². The average molecular weight is 365 g/mol. The second kappa shape index (κ2) is 7.64. The number of nitrogens with one attached hydrogen (secondary N) is 1. The third-order valence-electron chi connectivity index (χ3n) is 4.97. The van der Waals surface area contributed by atoms with Gasteiger partial charge in [0.1, 0.15) is 0 Å². The number of piperidine rings is 1. The van der Waals surface area contributed by atoms with Crippen LogP contribution in [0.25, 0.3) is 0 Å². The van der Waals surface area contributed by atoms with Crippen LogP contribution in [0.5, 0.6) is 0 Å². The summed E-state index contributed by atoms with van der Waals surface area (Å²) in [4.78, 5) is 17.2. The van der Waals surface area contributed by atoms with E-state index in [0.717, 1.165) is 57.5 Å². The number of carbonyl (C=O) groups is 1. The number of benzene rings is 1. The van der Waals surface area contributed by atoms with Gasteiger partial charge in [-0.15, -0.1) is 0 Å². The Bertz CT molecular complexity index is 721. The highest BCUT2D eigenvalue weighted by atomic mass is 32.2. The summed E-state index contributed by atoms with van der Waals surface area (Å²) in [6.45, 7) is 5.05. The number of carbonyl (C=O) groups excluding carboxylic acids is 1. The Morgan fingerprint density at radius 1 is 1.04 bits per heavy atom. The lowest BCUT2D eigenvalue weighted by Gasteiger charge is -2.29. The predicted octanol–water partition coefficient (Wildman–Crippen LogP) is 2.67. The summed E-state index contributed by atoms with van der Waals surface area (Å²) in [5.41, 5.74) is 2.00. The summed E-state index contributed by atoms with van der Waals surface area (Å²) in [6, 6.07) is 5.35. The van der Waals surface area contributed by atoms with E-state index in [2.05, 4.69) is 9.62 Å². The molecule has 0 radical (unpaired) electrons. The minimum atomic E-state index is -3.36. The molecule has 2 saturated heterocycles. The van der Waals surface area contributed by atoms with E-state index in [1.54, 1.807) is 19.1 Å². The molecule has 3 rings (SSSR count). The van der Waals surface area contributed by atoms with Crippen LogP contribution in [0.2, 0.25) is 0 Å². The van der Waals surface area contributed by atoms with Gasteiger partial charge in [0.05, 0.1) is 11.3 Å². The van der Waals surface area contributed by atoms with Gasteiger partial charge in [0.15, 0.2) is 0 Å². The number of nitrogens with zero attached hydrogens (tertiary/aromatic N) is 2. The van der Waals surface area contributed by atoms with Gasteiger partial charge < -0.3 is 9.80 Å². The van der Waals surface area contributed by atoms with Crippen molar-refractivity contribution >= 4 is 27.3 Å². The molecule has 0 aromatic heterocycles. The van der Waals surface area contributed by atoms with Crippen molar-refractivity contribution in [2.45, 2.75) is 39.0 Å². The summed E-state index contributed by atoms with van der Waals surface area (Å²) in [6.07, 6.45) is 5.49. The van der Waals surface area contributed by atoms with Crippen LogP contribution >= 0.6 is 0 Å². The van der Waals surface area contributed by atoms with Crippen molar-refractivity contribution in [1.82, 2.24) is 4.90 Å². The first kappa shape index (κ1) is 18.0. The largest absolute Gasteiger partial charge is 0.371 e. The molecule has 6 nitrogen and oxygen atoms in total. The molecule has 1 aromatic rings. The maximum absolute atomic E-state index is 13.1. The molecule has 0 saturated carbocycles. The van der Waals surface area contributed by atoms with Crippen molar-refractivity contribution in [3.05, 3.63) is 23.8 Å². The summed E-state index contributed by atoms with van der Waals surface area (Å²) in [5.74, 6) is 0.0233. The fraction of sp³-hybridized carbons (Fsp3) is 0.611. The van der Waals surface area contributed by atoms with Gasteiger partial charge >= 0.3 is 0 Å². The molecular formula is C18H27N3O3S. The van der Waals surface area contributed by atoms with Crippen LogP contribution < -0.4 is 9.62 Å². The molecule has 0 atom stereocenters. The van der Waals surface area contributed by atoms with E-state index in [9.17, 15) is 13.2 Å². The molecule has 1 amide bonds. The lowest BCUT2D eigenvalue weighted by Crippen LogP contribution is -2.36. The zero-order valence-corrected chi connectivity index (χ0v) is 15.6. The predicted molar refractivity (Wildman–Crippen MR) is 101 cm³/mol. The molecule has 0 bridgehead atoms. The highest BCUT2D eigenvalue weighted by molar-refractivity contribution is 7.92. The molecule has 2 fully saturated rings. The molecule has 1 aromatic carbocycles. The molecule has 1 N–H and O–H groups in total. The highest BCUT2D eigenvalue weighted by Gasteiger charge is 2.25. The Morgan fingerprint density at radius 3 is 2.32 bits per heavy atom. The van der Waals surface area contributed by atoms with Crippen molar-refractivity contribution in [2.24, 2.45) is 0 Å². The first-order valence-electron chi connectivity index (χ1n) is 9.19. The number of sulfonamides is 1. The summed E-state index contributed by atoms with van der Waals surface area (Å²) >= 11 is 0. The summed E-state index contributed by atoms with van der Waals surface area (Å²) in [7, 11) is -3.36. The number of hydrogen-bond donors (Lipinski definition) is 1. The summed E-state index contributed by atoms with van der Waals surface area (Å²) in [5, 5.41) is 0. The van der Waals surface area contributed by atoms with E-state index in [1.807, 2.05) is 11.0 Å². The van der Waals surface area contributed by atoms with Crippen molar-refractivity contribution in [1.29, 1.82) is 0 Å². The standard InChI is InChI=1S/C18H27N3O3S/c1-2-25(23,24)19-15-8-9-17(20-10-6-7-11-20)16(14-15)18(22)21-12-4-3-5-13-21/h8-9,14,19H,2-7,10-13H2,1H3. The summed E-state index contributed by atoms with van der Waals surface area (Å²) < 4.78 is 26.3. The van der Waals surface area contributed by atoms with Crippen LogP contribution in [-0.4, -0.2) is 51.2 Å². The van der Waals surface area contributed by atoms with Crippen molar-refractivity contribution in [3.63, 3.8) is 0 Å². The highest BCUT2D eigenvalue weighted by Crippen LogP contribution is 2.29. The first-order valence-corrected chi connectivity index (χ1v) is 10.8. The lowest BCUT2D eigenvalue weighted by atomic mass is 10.1. The van der Waals surface area contributed by atoms with Crippen LogP contribution in [0.4, 0.5) is 11.4 Å². The number of rotatable bonds is 5. The lowest BCUT2D eigenvalue weighted by molar-refractivity contribution is 0.0725. The Balaban J connectivity index is 1.93. The van der Waals surface area contributed by atoms with E-state index in [4.69, 9.17) is 0 Å². The fourth-order valence-electron chi connectivity index (χ4n) is 3.52. The number of hydrogen-bond acceptors (Lipinski definition) is 4. The molecule has 7 heteroatoms. The second-order valence-corrected chi connectivity index (χ2v) is 8.80. The first-order chi connectivity index (χ1) is 12.0. The number of amides is 1. The SMILES string of the molecule is CCS(=O)(=O)Nc1ccc(N2CCCC2)c(C(=O)N2CCCCC2)c1. The molecule has 2 aliphatic heterocycles. The van der Waals surface area contributed by atoms with E-state index < -0.39 is 10.0 Å². The molecule has 0 unspecified atom stereocenters. The van der Waals surface area contributed by atoms with E-state index in [0.29, 0.717) is 11.3 Å². The van der Waals surface area contributed by atoms with Gasteiger partial charge in [0, 0.05) is 37.6 Å². The van der Waals surface area contributed by atoms with Gasteiger partial charge in [-0.05, 0) is 57.2 Å². The molecule has 25 heavy (non-hydrogen) atoms. The minimum Gasteiger partial charge on any atom is -0.371 e. The van der Waals surface area contributed by atoms with Crippen molar-refractivity contribution < 1.29 is 13.2 Å². The van der Waals surface area contributed by atoms with E-state index in [-0.39, 0.29) is 11.7 Å². The van der Waals surface area contributed by atoms with E-state index >= 15 is 0 Å². The molecule has 0 spiro atoms. The normalized spacial score (nSPS) is 18.4. The smallest absolute Gasteiger partial charge is 0.256 e. The van der Waals surface area contributed by atoms with Gasteiger partial charge in [-0.2, -0.15) is 0 Å². The van der Waals surface area contributed by atoms with Crippen LogP contribution in [0, 0.1) is 0 Å². The van der Waals surface area contributed by atoms with E-state index in [1.165, 1.54) is 6.42 Å². The molecular weight excluding hydrogens is 338 g/mol. The Hall–Kier alpha value is -1.76. The number of likely N-dealkylation sites (tertiary alicyclic amines) is 1. The van der Waals surface area contributed by atoms with Crippen LogP contribution in [0.1, 0.15) is 49.4 Å². The Labute approximate surface area is 150 Å². The average Bonchev–Trinajstić information content (AvgIpc) is 3.16. The molecule has 138 valence electrons. The Morgan fingerprint density at radius 2 is 1.68 bits per heavy atom. The number of anilines is 2. The zero-order chi connectivity index (χ0) is 17.9. The molecule has 2 aliphatic rings. The third kappa shape index (κ3) is 4.26. The Kier molecular flexibility index (Phi) is 5.51. The van der Waals surface area contributed by atoms with Gasteiger partial charge in [0.2, 0.25) is 10.0 Å². The quantitative estimate of drug-likeness (QED) is 0.871. The fourth-order valence-corrected chi connectivity index (χ4v) is 4.15. The van der Waals surface area contributed by atoms with Crippen LogP contribution in [0.3, 0.4) is 0 Å². The topological polar surface area (TPSA) is 69.7 Å². The molecule has 0 aliphatic carbocycles. The zero-order valence-electron chi connectivity index (χ0n) is 14.8. The van der Waals surface area contributed by atoms with Crippen molar-refractivity contribution in [3.8, 4) is 0 Å². The van der Waals surface area contributed by atoms with Crippen LogP contribution in [0.15, 0.2) is 18.2 Å².